The highest BCUT2D eigenvalue weighted by Gasteiger charge is 2.39. The minimum absolute atomic E-state index is 0.525. The van der Waals surface area contributed by atoms with Gasteiger partial charge in [-0.3, -0.25) is 0 Å². The molecule has 0 saturated carbocycles. The third-order valence-electron chi connectivity index (χ3n) is 5.46. The van der Waals surface area contributed by atoms with Crippen LogP contribution in [0.1, 0.15) is 16.7 Å². The predicted octanol–water partition coefficient (Wildman–Crippen LogP) is 6.48. The fourth-order valence-electron chi connectivity index (χ4n) is 4.23. The van der Waals surface area contributed by atoms with E-state index in [9.17, 15) is 0 Å². The number of hydrogen-bond acceptors (Lipinski definition) is 1. The molecule has 5 aromatic rings. The summed E-state index contributed by atoms with van der Waals surface area (Å²) in [4.78, 5) is 4.82. The molecule has 5 rings (SSSR count). The Labute approximate surface area is 184 Å². The third kappa shape index (κ3) is 2.88. The zero-order chi connectivity index (χ0) is 19.7. The van der Waals surface area contributed by atoms with Crippen molar-refractivity contribution in [2.24, 2.45) is 0 Å². The van der Waals surface area contributed by atoms with Crippen LogP contribution >= 0.6 is 22.6 Å². The van der Waals surface area contributed by atoms with Gasteiger partial charge < -0.3 is 4.57 Å². The zero-order valence-electron chi connectivity index (χ0n) is 15.7. The van der Waals surface area contributed by atoms with E-state index in [4.69, 9.17) is 4.98 Å². The summed E-state index contributed by atoms with van der Waals surface area (Å²) >= 11 is 2.37. The van der Waals surface area contributed by atoms with Crippen LogP contribution in [0.3, 0.4) is 0 Å². The number of hydrogen-bond donors (Lipinski definition) is 0. The lowest BCUT2D eigenvalue weighted by molar-refractivity contribution is 0.529. The van der Waals surface area contributed by atoms with Gasteiger partial charge in [0.15, 0.2) is 0 Å². The molecule has 1 aromatic heterocycles. The van der Waals surface area contributed by atoms with Crippen LogP contribution in [-0.4, -0.2) is 9.55 Å². The highest BCUT2D eigenvalue weighted by molar-refractivity contribution is 14.1. The number of rotatable bonds is 4. The van der Waals surface area contributed by atoms with E-state index in [-0.39, 0.29) is 0 Å². The molecule has 0 atom stereocenters. The summed E-state index contributed by atoms with van der Waals surface area (Å²) in [5, 5.41) is 0. The number of fused-ring (bicyclic) bond motifs is 1. The van der Waals surface area contributed by atoms with E-state index >= 15 is 0 Å². The Morgan fingerprint density at radius 1 is 0.586 bits per heavy atom. The molecule has 2 nitrogen and oxygen atoms in total. The van der Waals surface area contributed by atoms with Crippen LogP contribution < -0.4 is 0 Å². The van der Waals surface area contributed by atoms with Crippen LogP contribution in [0.15, 0.2) is 116 Å². The number of benzene rings is 4. The third-order valence-corrected chi connectivity index (χ3v) is 6.33. The van der Waals surface area contributed by atoms with Gasteiger partial charge in [-0.2, -0.15) is 0 Å². The Hall–Kier alpha value is -2.92. The summed E-state index contributed by atoms with van der Waals surface area (Å²) in [7, 11) is 0. The maximum Gasteiger partial charge on any atom is 0.122 e. The highest BCUT2D eigenvalue weighted by Crippen LogP contribution is 2.42. The van der Waals surface area contributed by atoms with Gasteiger partial charge in [0.2, 0.25) is 0 Å². The van der Waals surface area contributed by atoms with Crippen molar-refractivity contribution in [2.75, 3.05) is 0 Å². The summed E-state index contributed by atoms with van der Waals surface area (Å²) in [6.07, 6.45) is 1.99. The maximum atomic E-state index is 4.82. The lowest BCUT2D eigenvalue weighted by Gasteiger charge is -2.38. The molecule has 0 aliphatic rings. The number of nitrogens with zero attached hydrogens (tertiary/aromatic N) is 2. The lowest BCUT2D eigenvalue weighted by Crippen LogP contribution is -2.37. The molecule has 0 fully saturated rings. The van der Waals surface area contributed by atoms with E-state index in [0.29, 0.717) is 0 Å². The standard InChI is InChI=1S/C26H19IN2/c27-23-17-10-18-24-25(23)28-19-29(24)26(20-11-4-1-5-12-20,21-13-6-2-7-14-21)22-15-8-3-9-16-22/h1-19H. The van der Waals surface area contributed by atoms with Gasteiger partial charge in [-0.25, -0.2) is 4.98 Å². The van der Waals surface area contributed by atoms with E-state index in [1.54, 1.807) is 0 Å². The van der Waals surface area contributed by atoms with Crippen LogP contribution in [0, 0.1) is 3.57 Å². The second-order valence-electron chi connectivity index (χ2n) is 7.03. The molecule has 0 aliphatic heterocycles. The second kappa shape index (κ2) is 7.48. The fraction of sp³-hybridized carbons (Fsp3) is 0.0385. The topological polar surface area (TPSA) is 17.8 Å². The molecular weight excluding hydrogens is 467 g/mol. The van der Waals surface area contributed by atoms with Crippen molar-refractivity contribution in [3.05, 3.63) is 136 Å². The van der Waals surface area contributed by atoms with Gasteiger partial charge in [-0.05, 0) is 51.4 Å². The second-order valence-corrected chi connectivity index (χ2v) is 8.19. The summed E-state index contributed by atoms with van der Waals surface area (Å²) in [5.74, 6) is 0. The monoisotopic (exact) mass is 486 g/mol. The predicted molar refractivity (Wildman–Crippen MR) is 127 cm³/mol. The van der Waals surface area contributed by atoms with E-state index in [1.165, 1.54) is 16.7 Å². The number of halogens is 1. The van der Waals surface area contributed by atoms with Crippen molar-refractivity contribution in [2.45, 2.75) is 5.54 Å². The maximum absolute atomic E-state index is 4.82. The van der Waals surface area contributed by atoms with Crippen molar-refractivity contribution < 1.29 is 0 Å². The largest absolute Gasteiger partial charge is 0.312 e. The first-order valence-electron chi connectivity index (χ1n) is 9.60. The molecule has 0 radical (unpaired) electrons. The summed E-state index contributed by atoms with van der Waals surface area (Å²) in [6.45, 7) is 0. The molecule has 0 bridgehead atoms. The molecule has 0 saturated heterocycles. The Morgan fingerprint density at radius 2 is 1.07 bits per heavy atom. The van der Waals surface area contributed by atoms with Crippen LogP contribution in [0.4, 0.5) is 0 Å². The van der Waals surface area contributed by atoms with Gasteiger partial charge in [-0.1, -0.05) is 97.1 Å². The van der Waals surface area contributed by atoms with Crippen LogP contribution in [-0.2, 0) is 5.54 Å². The zero-order valence-corrected chi connectivity index (χ0v) is 17.9. The summed E-state index contributed by atoms with van der Waals surface area (Å²) < 4.78 is 3.48. The smallest absolute Gasteiger partial charge is 0.122 e. The summed E-state index contributed by atoms with van der Waals surface area (Å²) in [5.41, 5.74) is 5.23. The van der Waals surface area contributed by atoms with E-state index < -0.39 is 5.54 Å². The quantitative estimate of drug-likeness (QED) is 0.210. The first-order chi connectivity index (χ1) is 14.3. The average molecular weight is 486 g/mol. The Bertz CT molecular complexity index is 1150. The van der Waals surface area contributed by atoms with Crippen LogP contribution in [0.25, 0.3) is 11.0 Å². The number of imidazole rings is 1. The molecule has 0 aliphatic carbocycles. The first-order valence-corrected chi connectivity index (χ1v) is 10.7. The minimum Gasteiger partial charge on any atom is -0.312 e. The van der Waals surface area contributed by atoms with Gasteiger partial charge in [0.05, 0.1) is 11.8 Å². The lowest BCUT2D eigenvalue weighted by atomic mass is 9.76. The van der Waals surface area contributed by atoms with E-state index in [1.807, 2.05) is 6.33 Å². The molecule has 0 spiro atoms. The highest BCUT2D eigenvalue weighted by atomic mass is 127. The van der Waals surface area contributed by atoms with E-state index in [0.717, 1.165) is 14.6 Å². The average Bonchev–Trinajstić information content (AvgIpc) is 3.23. The summed E-state index contributed by atoms with van der Waals surface area (Å²) in [6, 6.07) is 38.5. The Balaban J connectivity index is 1.97. The molecular formula is C26H19IN2. The Kier molecular flexibility index (Phi) is 4.68. The van der Waals surface area contributed by atoms with Gasteiger partial charge in [0, 0.05) is 3.57 Å². The molecule has 4 aromatic carbocycles. The minimum atomic E-state index is -0.525. The van der Waals surface area contributed by atoms with Crippen molar-refractivity contribution in [3.8, 4) is 0 Å². The molecule has 140 valence electrons. The van der Waals surface area contributed by atoms with Gasteiger partial charge >= 0.3 is 0 Å². The first kappa shape index (κ1) is 18.1. The van der Waals surface area contributed by atoms with E-state index in [2.05, 4.69) is 136 Å². The molecule has 0 amide bonds. The van der Waals surface area contributed by atoms with Gasteiger partial charge in [0.1, 0.15) is 11.1 Å². The molecule has 1 heterocycles. The molecule has 3 heteroatoms. The van der Waals surface area contributed by atoms with Gasteiger partial charge in [-0.15, -0.1) is 0 Å². The van der Waals surface area contributed by atoms with Crippen molar-refractivity contribution in [1.29, 1.82) is 0 Å². The Morgan fingerprint density at radius 3 is 1.55 bits per heavy atom. The van der Waals surface area contributed by atoms with Crippen molar-refractivity contribution in [3.63, 3.8) is 0 Å². The van der Waals surface area contributed by atoms with Crippen molar-refractivity contribution >= 4 is 33.6 Å². The van der Waals surface area contributed by atoms with Crippen LogP contribution in [0.2, 0.25) is 0 Å². The fourth-order valence-corrected chi connectivity index (χ4v) is 4.85. The molecule has 0 N–H and O–H groups in total. The van der Waals surface area contributed by atoms with Crippen molar-refractivity contribution in [1.82, 2.24) is 9.55 Å². The molecule has 29 heavy (non-hydrogen) atoms. The molecule has 0 unspecified atom stereocenters. The van der Waals surface area contributed by atoms with Crippen LogP contribution in [0.5, 0.6) is 0 Å². The number of para-hydroxylation sites is 1. The SMILES string of the molecule is Ic1cccc2c1ncn2C(c1ccccc1)(c1ccccc1)c1ccccc1. The number of aromatic nitrogens is 2. The normalized spacial score (nSPS) is 11.6. The van der Waals surface area contributed by atoms with Gasteiger partial charge in [0.25, 0.3) is 0 Å².